The Labute approximate surface area is 102 Å². The Morgan fingerprint density at radius 3 is 2.81 bits per heavy atom. The summed E-state index contributed by atoms with van der Waals surface area (Å²) >= 11 is 1.44. The predicted molar refractivity (Wildman–Crippen MR) is 68.6 cm³/mol. The Morgan fingerprint density at radius 2 is 2.25 bits per heavy atom. The molecular weight excluding hydrogens is 220 g/mol. The highest BCUT2D eigenvalue weighted by Gasteiger charge is 2.09. The second kappa shape index (κ2) is 7.44. The third-order valence-electron chi connectivity index (χ3n) is 2.60. The summed E-state index contributed by atoms with van der Waals surface area (Å²) < 4.78 is 5.84. The highest BCUT2D eigenvalue weighted by Crippen LogP contribution is 2.23. The van der Waals surface area contributed by atoms with Gasteiger partial charge in [-0.1, -0.05) is 26.7 Å². The zero-order chi connectivity index (χ0) is 11.8. The molecule has 1 rings (SSSR count). The molecule has 0 aromatic carbocycles. The van der Waals surface area contributed by atoms with Crippen molar-refractivity contribution in [1.29, 1.82) is 0 Å². The zero-order valence-electron chi connectivity index (χ0n) is 10.1. The van der Waals surface area contributed by atoms with Crippen molar-refractivity contribution >= 4 is 17.6 Å². The molecular formula is C13H20O2S. The fourth-order valence-corrected chi connectivity index (χ4v) is 2.23. The lowest BCUT2D eigenvalue weighted by molar-refractivity contribution is 0.112. The molecule has 0 radical (unpaired) electrons. The minimum Gasteiger partial charge on any atom is -0.490 e. The van der Waals surface area contributed by atoms with E-state index in [9.17, 15) is 4.79 Å². The van der Waals surface area contributed by atoms with Crippen LogP contribution in [0.2, 0.25) is 0 Å². The molecule has 0 saturated carbocycles. The van der Waals surface area contributed by atoms with Crippen LogP contribution in [0.1, 0.15) is 55.6 Å². The molecule has 0 bridgehead atoms. The molecule has 2 nitrogen and oxygen atoms in total. The van der Waals surface area contributed by atoms with Crippen LogP contribution in [0.15, 0.2) is 11.4 Å². The summed E-state index contributed by atoms with van der Waals surface area (Å²) in [6.45, 7) is 4.35. The highest BCUT2D eigenvalue weighted by molar-refractivity contribution is 7.11. The van der Waals surface area contributed by atoms with E-state index >= 15 is 0 Å². The second-order valence-corrected chi connectivity index (χ2v) is 4.89. The van der Waals surface area contributed by atoms with Gasteiger partial charge in [-0.15, -0.1) is 11.3 Å². The summed E-state index contributed by atoms with van der Waals surface area (Å²) in [5.41, 5.74) is 0. The first-order valence-electron chi connectivity index (χ1n) is 6.00. The molecule has 0 amide bonds. The number of unbranched alkanes of at least 4 members (excludes halogenated alkanes) is 2. The number of hydrogen-bond donors (Lipinski definition) is 0. The number of hydrogen-bond acceptors (Lipinski definition) is 3. The van der Waals surface area contributed by atoms with Crippen LogP contribution in [-0.4, -0.2) is 12.4 Å². The Kier molecular flexibility index (Phi) is 6.16. The van der Waals surface area contributed by atoms with Gasteiger partial charge in [0.25, 0.3) is 0 Å². The van der Waals surface area contributed by atoms with Crippen molar-refractivity contribution in [2.45, 2.75) is 52.1 Å². The number of aldehydes is 1. The number of rotatable bonds is 8. The minimum absolute atomic E-state index is 0.292. The molecule has 0 aliphatic carbocycles. The standard InChI is InChI=1S/C13H20O2S/c1-3-5-6-7-11(4-2)15-12-8-13(9-14)16-10-12/h8-11H,3-7H2,1-2H3. The smallest absolute Gasteiger partial charge is 0.160 e. The van der Waals surface area contributed by atoms with Crippen molar-refractivity contribution in [3.05, 3.63) is 16.3 Å². The molecule has 0 N–H and O–H groups in total. The van der Waals surface area contributed by atoms with Crippen molar-refractivity contribution < 1.29 is 9.53 Å². The van der Waals surface area contributed by atoms with E-state index in [4.69, 9.17) is 4.74 Å². The minimum atomic E-state index is 0.292. The van der Waals surface area contributed by atoms with E-state index in [0.717, 1.165) is 29.8 Å². The van der Waals surface area contributed by atoms with E-state index in [2.05, 4.69) is 13.8 Å². The van der Waals surface area contributed by atoms with Crippen LogP contribution in [-0.2, 0) is 0 Å². The molecule has 0 saturated heterocycles. The molecule has 1 unspecified atom stereocenters. The van der Waals surface area contributed by atoms with Crippen LogP contribution in [0.5, 0.6) is 5.75 Å². The third-order valence-corrected chi connectivity index (χ3v) is 3.44. The number of carbonyl (C=O) groups is 1. The highest BCUT2D eigenvalue weighted by atomic mass is 32.1. The molecule has 0 aliphatic heterocycles. The van der Waals surface area contributed by atoms with Crippen molar-refractivity contribution in [2.24, 2.45) is 0 Å². The normalized spacial score (nSPS) is 12.4. The first-order chi connectivity index (χ1) is 7.80. The molecule has 0 fully saturated rings. The molecule has 16 heavy (non-hydrogen) atoms. The van der Waals surface area contributed by atoms with Crippen LogP contribution in [0, 0.1) is 0 Å². The van der Waals surface area contributed by atoms with Crippen molar-refractivity contribution in [3.8, 4) is 5.75 Å². The number of ether oxygens (including phenoxy) is 1. The van der Waals surface area contributed by atoms with E-state index in [0.29, 0.717) is 6.10 Å². The Morgan fingerprint density at radius 1 is 1.44 bits per heavy atom. The topological polar surface area (TPSA) is 26.3 Å². The van der Waals surface area contributed by atoms with Gasteiger partial charge in [0.1, 0.15) is 5.75 Å². The summed E-state index contributed by atoms with van der Waals surface area (Å²) in [6.07, 6.45) is 7.02. The van der Waals surface area contributed by atoms with Gasteiger partial charge in [0.15, 0.2) is 6.29 Å². The monoisotopic (exact) mass is 240 g/mol. The maximum Gasteiger partial charge on any atom is 0.160 e. The van der Waals surface area contributed by atoms with Crippen LogP contribution in [0.25, 0.3) is 0 Å². The molecule has 0 aliphatic rings. The molecule has 1 aromatic rings. The quantitative estimate of drug-likeness (QED) is 0.500. The lowest BCUT2D eigenvalue weighted by Crippen LogP contribution is -2.14. The molecule has 90 valence electrons. The largest absolute Gasteiger partial charge is 0.490 e. The van der Waals surface area contributed by atoms with Crippen molar-refractivity contribution in [1.82, 2.24) is 0 Å². The van der Waals surface area contributed by atoms with E-state index < -0.39 is 0 Å². The van der Waals surface area contributed by atoms with Gasteiger partial charge in [-0.3, -0.25) is 4.79 Å². The second-order valence-electron chi connectivity index (χ2n) is 3.95. The predicted octanol–water partition coefficient (Wildman–Crippen LogP) is 4.30. The Balaban J connectivity index is 2.39. The molecule has 3 heteroatoms. The van der Waals surface area contributed by atoms with Crippen LogP contribution in [0.3, 0.4) is 0 Å². The first-order valence-corrected chi connectivity index (χ1v) is 6.88. The third kappa shape index (κ3) is 4.35. The Bertz CT molecular complexity index is 307. The van der Waals surface area contributed by atoms with E-state index in [1.54, 1.807) is 0 Å². The van der Waals surface area contributed by atoms with Crippen LogP contribution >= 0.6 is 11.3 Å². The average Bonchev–Trinajstić information content (AvgIpc) is 2.75. The SMILES string of the molecule is CCCCCC(CC)Oc1csc(C=O)c1. The van der Waals surface area contributed by atoms with Gasteiger partial charge < -0.3 is 4.74 Å². The van der Waals surface area contributed by atoms with Gasteiger partial charge in [0, 0.05) is 11.4 Å². The van der Waals surface area contributed by atoms with E-state index in [1.807, 2.05) is 11.4 Å². The van der Waals surface area contributed by atoms with Gasteiger partial charge in [-0.05, 0) is 19.3 Å². The van der Waals surface area contributed by atoms with Gasteiger partial charge in [0.2, 0.25) is 0 Å². The van der Waals surface area contributed by atoms with Gasteiger partial charge >= 0.3 is 0 Å². The lowest BCUT2D eigenvalue weighted by atomic mass is 10.1. The summed E-state index contributed by atoms with van der Waals surface area (Å²) in [7, 11) is 0. The molecule has 0 spiro atoms. The lowest BCUT2D eigenvalue weighted by Gasteiger charge is -2.16. The summed E-state index contributed by atoms with van der Waals surface area (Å²) in [4.78, 5) is 11.3. The number of carbonyl (C=O) groups excluding carboxylic acids is 1. The van der Waals surface area contributed by atoms with Crippen molar-refractivity contribution in [2.75, 3.05) is 0 Å². The zero-order valence-corrected chi connectivity index (χ0v) is 10.9. The molecule has 1 atom stereocenters. The fourth-order valence-electron chi connectivity index (χ4n) is 1.62. The molecule has 1 aromatic heterocycles. The van der Waals surface area contributed by atoms with Crippen molar-refractivity contribution in [3.63, 3.8) is 0 Å². The van der Waals surface area contributed by atoms with E-state index in [1.165, 1.54) is 30.6 Å². The first kappa shape index (κ1) is 13.2. The van der Waals surface area contributed by atoms with Gasteiger partial charge in [-0.25, -0.2) is 0 Å². The fraction of sp³-hybridized carbons (Fsp3) is 0.615. The number of thiophene rings is 1. The maximum absolute atomic E-state index is 10.5. The molecule has 1 heterocycles. The van der Waals surface area contributed by atoms with E-state index in [-0.39, 0.29) is 0 Å². The van der Waals surface area contributed by atoms with Crippen LogP contribution in [0.4, 0.5) is 0 Å². The summed E-state index contributed by atoms with van der Waals surface area (Å²) in [5, 5.41) is 1.91. The maximum atomic E-state index is 10.5. The summed E-state index contributed by atoms with van der Waals surface area (Å²) in [5.74, 6) is 0.843. The van der Waals surface area contributed by atoms with Gasteiger partial charge in [-0.2, -0.15) is 0 Å². The average molecular weight is 240 g/mol. The van der Waals surface area contributed by atoms with Gasteiger partial charge in [0.05, 0.1) is 11.0 Å². The summed E-state index contributed by atoms with van der Waals surface area (Å²) in [6, 6.07) is 1.82. The van der Waals surface area contributed by atoms with Crippen LogP contribution < -0.4 is 4.74 Å². The Hall–Kier alpha value is -0.830.